The number of amides is 1. The molecule has 1 amide bonds. The van der Waals surface area contributed by atoms with Crippen LogP contribution in [0.2, 0.25) is 0 Å². The minimum absolute atomic E-state index is 0.0535. The van der Waals surface area contributed by atoms with Crippen molar-refractivity contribution in [2.24, 2.45) is 0 Å². The average molecular weight is 380 g/mol. The highest BCUT2D eigenvalue weighted by atomic mass is 31.0. The number of H-pyrrole nitrogens is 1. The van der Waals surface area contributed by atoms with Crippen molar-refractivity contribution >= 4 is 37.0 Å². The third kappa shape index (κ3) is 3.64. The number of likely N-dealkylation sites (N-methyl/N-ethyl adjacent to an activating group) is 1. The van der Waals surface area contributed by atoms with Crippen molar-refractivity contribution in [1.29, 1.82) is 0 Å². The molecule has 27 heavy (non-hydrogen) atoms. The Hall–Kier alpha value is -2.56. The number of hydrogen-bond acceptors (Lipinski definition) is 4. The number of benzene rings is 2. The molecule has 0 bridgehead atoms. The lowest BCUT2D eigenvalue weighted by Crippen LogP contribution is -2.38. The lowest BCUT2D eigenvalue weighted by atomic mass is 10.2. The van der Waals surface area contributed by atoms with E-state index in [2.05, 4.69) is 25.3 Å². The fourth-order valence-electron chi connectivity index (χ4n) is 3.50. The Morgan fingerprint density at radius 3 is 2.96 bits per heavy atom. The number of carbonyl (C=O) groups excluding carboxylic acids is 1. The molecule has 1 N–H and O–H groups in total. The van der Waals surface area contributed by atoms with Gasteiger partial charge in [0.15, 0.2) is 0 Å². The third-order valence-corrected chi connectivity index (χ3v) is 5.15. The molecular weight excluding hydrogens is 359 g/mol. The number of aromatic nitrogens is 2. The largest absolute Gasteiger partial charge is 0.311 e. The number of nitrogens with zero attached hydrogens (tertiary/aromatic N) is 3. The van der Waals surface area contributed by atoms with Crippen molar-refractivity contribution in [3.63, 3.8) is 0 Å². The van der Waals surface area contributed by atoms with Crippen LogP contribution in [0.5, 0.6) is 0 Å². The van der Waals surface area contributed by atoms with Crippen LogP contribution in [0.4, 0.5) is 5.69 Å². The van der Waals surface area contributed by atoms with Crippen molar-refractivity contribution in [1.82, 2.24) is 14.9 Å². The zero-order valence-electron chi connectivity index (χ0n) is 15.1. The summed E-state index contributed by atoms with van der Waals surface area (Å²) in [4.78, 5) is 36.1. The van der Waals surface area contributed by atoms with Gasteiger partial charge in [-0.3, -0.25) is 14.5 Å². The van der Waals surface area contributed by atoms with Crippen LogP contribution in [0.1, 0.15) is 11.4 Å². The molecule has 1 atom stereocenters. The van der Waals surface area contributed by atoms with E-state index in [-0.39, 0.29) is 18.0 Å². The Morgan fingerprint density at radius 1 is 1.30 bits per heavy atom. The summed E-state index contributed by atoms with van der Waals surface area (Å²) in [6.45, 7) is 1.38. The van der Waals surface area contributed by atoms with E-state index in [1.807, 2.05) is 47.2 Å². The Balaban J connectivity index is 1.48. The number of rotatable bonds is 4. The molecule has 1 aliphatic heterocycles. The zero-order chi connectivity index (χ0) is 19.0. The maximum atomic E-state index is 12.7. The number of nitrogens with one attached hydrogen (secondary N) is 1. The van der Waals surface area contributed by atoms with Gasteiger partial charge in [0.1, 0.15) is 5.82 Å². The SMILES string of the molecule is CN(CC(=O)N1CCc2ccccc21)Cc1nc2cc(P)ccc2c(=O)[nH]1. The fourth-order valence-corrected chi connectivity index (χ4v) is 3.76. The molecule has 1 aliphatic rings. The van der Waals surface area contributed by atoms with E-state index in [9.17, 15) is 9.59 Å². The highest BCUT2D eigenvalue weighted by molar-refractivity contribution is 7.27. The molecule has 138 valence electrons. The molecule has 2 heterocycles. The van der Waals surface area contributed by atoms with Gasteiger partial charge in [-0.25, -0.2) is 4.98 Å². The van der Waals surface area contributed by atoms with Crippen molar-refractivity contribution in [2.75, 3.05) is 25.0 Å². The van der Waals surface area contributed by atoms with Crippen LogP contribution in [-0.4, -0.2) is 40.9 Å². The van der Waals surface area contributed by atoms with Crippen molar-refractivity contribution in [3.05, 3.63) is 64.2 Å². The number of carbonyl (C=O) groups is 1. The van der Waals surface area contributed by atoms with Gasteiger partial charge in [-0.05, 0) is 42.5 Å². The molecule has 2 aromatic carbocycles. The smallest absolute Gasteiger partial charge is 0.258 e. The second kappa shape index (κ2) is 7.22. The zero-order valence-corrected chi connectivity index (χ0v) is 16.3. The normalized spacial score (nSPS) is 13.4. The van der Waals surface area contributed by atoms with Gasteiger partial charge in [0, 0.05) is 12.2 Å². The third-order valence-electron chi connectivity index (χ3n) is 4.79. The second-order valence-electron chi connectivity index (χ2n) is 6.89. The summed E-state index contributed by atoms with van der Waals surface area (Å²) in [6, 6.07) is 13.5. The van der Waals surface area contributed by atoms with Crippen LogP contribution in [0.15, 0.2) is 47.3 Å². The Kier molecular flexibility index (Phi) is 4.77. The topological polar surface area (TPSA) is 69.3 Å². The molecule has 0 fully saturated rings. The fraction of sp³-hybridized carbons (Fsp3) is 0.250. The molecule has 0 radical (unpaired) electrons. The van der Waals surface area contributed by atoms with Gasteiger partial charge in [-0.15, -0.1) is 9.24 Å². The van der Waals surface area contributed by atoms with E-state index >= 15 is 0 Å². The number of fused-ring (bicyclic) bond motifs is 2. The minimum Gasteiger partial charge on any atom is -0.311 e. The summed E-state index contributed by atoms with van der Waals surface area (Å²) in [7, 11) is 4.47. The highest BCUT2D eigenvalue weighted by Gasteiger charge is 2.24. The average Bonchev–Trinajstić information content (AvgIpc) is 3.05. The van der Waals surface area contributed by atoms with Crippen molar-refractivity contribution in [3.8, 4) is 0 Å². The molecule has 7 heteroatoms. The van der Waals surface area contributed by atoms with Crippen LogP contribution in [0.25, 0.3) is 10.9 Å². The van der Waals surface area contributed by atoms with Gasteiger partial charge in [0.2, 0.25) is 5.91 Å². The predicted molar refractivity (Wildman–Crippen MR) is 111 cm³/mol. The van der Waals surface area contributed by atoms with Crippen LogP contribution in [0, 0.1) is 0 Å². The molecular formula is C20H21N4O2P. The molecule has 1 aromatic heterocycles. The number of para-hydroxylation sites is 1. The van der Waals surface area contributed by atoms with Gasteiger partial charge < -0.3 is 9.88 Å². The van der Waals surface area contributed by atoms with E-state index in [1.165, 1.54) is 5.56 Å². The first-order valence-electron chi connectivity index (χ1n) is 8.86. The molecule has 4 rings (SSSR count). The Bertz CT molecular complexity index is 1080. The summed E-state index contributed by atoms with van der Waals surface area (Å²) < 4.78 is 0. The van der Waals surface area contributed by atoms with Crippen molar-refractivity contribution < 1.29 is 4.79 Å². The van der Waals surface area contributed by atoms with E-state index in [0.717, 1.165) is 17.4 Å². The summed E-state index contributed by atoms with van der Waals surface area (Å²) in [6.07, 6.45) is 0.891. The first-order valence-corrected chi connectivity index (χ1v) is 9.44. The molecule has 3 aromatic rings. The van der Waals surface area contributed by atoms with Crippen LogP contribution >= 0.6 is 9.24 Å². The van der Waals surface area contributed by atoms with Crippen molar-refractivity contribution in [2.45, 2.75) is 13.0 Å². The number of aromatic amines is 1. The Morgan fingerprint density at radius 2 is 2.11 bits per heavy atom. The minimum atomic E-state index is -0.159. The van der Waals surface area contributed by atoms with E-state index < -0.39 is 0 Å². The van der Waals surface area contributed by atoms with Crippen LogP contribution < -0.4 is 15.8 Å². The monoisotopic (exact) mass is 380 g/mol. The lowest BCUT2D eigenvalue weighted by Gasteiger charge is -2.21. The van der Waals surface area contributed by atoms with Gasteiger partial charge >= 0.3 is 0 Å². The lowest BCUT2D eigenvalue weighted by molar-refractivity contribution is -0.119. The van der Waals surface area contributed by atoms with Gasteiger partial charge in [-0.2, -0.15) is 0 Å². The van der Waals surface area contributed by atoms with E-state index in [1.54, 1.807) is 6.07 Å². The summed E-state index contributed by atoms with van der Waals surface area (Å²) in [5.74, 6) is 0.609. The molecule has 0 saturated carbocycles. The maximum Gasteiger partial charge on any atom is 0.258 e. The quantitative estimate of drug-likeness (QED) is 0.696. The predicted octanol–water partition coefficient (Wildman–Crippen LogP) is 1.44. The first kappa shape index (κ1) is 17.8. The molecule has 1 unspecified atom stereocenters. The Labute approximate surface area is 159 Å². The standard InChI is InChI=1S/C20H21N4O2P/c1-23(12-19(25)24-9-8-13-4-2-3-5-17(13)24)11-18-21-16-10-14(27)6-7-15(16)20(26)22-18/h2-7,10H,8-9,11-12,27H2,1H3,(H,21,22,26). The summed E-state index contributed by atoms with van der Waals surface area (Å²) >= 11 is 0. The van der Waals surface area contributed by atoms with Gasteiger partial charge in [0.25, 0.3) is 5.56 Å². The van der Waals surface area contributed by atoms with E-state index in [0.29, 0.717) is 29.8 Å². The number of hydrogen-bond donors (Lipinski definition) is 1. The molecule has 0 spiro atoms. The molecule has 0 saturated heterocycles. The first-order chi connectivity index (χ1) is 13.0. The van der Waals surface area contributed by atoms with Crippen LogP contribution in [-0.2, 0) is 17.8 Å². The highest BCUT2D eigenvalue weighted by Crippen LogP contribution is 2.27. The number of anilines is 1. The van der Waals surface area contributed by atoms with Gasteiger partial charge in [0.05, 0.1) is 24.0 Å². The summed E-state index contributed by atoms with van der Waals surface area (Å²) in [5, 5.41) is 1.54. The summed E-state index contributed by atoms with van der Waals surface area (Å²) in [5.41, 5.74) is 2.71. The van der Waals surface area contributed by atoms with E-state index in [4.69, 9.17) is 0 Å². The molecule has 0 aliphatic carbocycles. The molecule has 6 nitrogen and oxygen atoms in total. The maximum absolute atomic E-state index is 12.7. The van der Waals surface area contributed by atoms with Gasteiger partial charge in [-0.1, -0.05) is 24.3 Å². The van der Waals surface area contributed by atoms with Crippen LogP contribution in [0.3, 0.4) is 0 Å². The second-order valence-corrected chi connectivity index (χ2v) is 7.55.